The number of nitrogens with one attached hydrogen (secondary N) is 1. The molecule has 0 saturated heterocycles. The van der Waals surface area contributed by atoms with Crippen LogP contribution in [0.15, 0.2) is 29.2 Å². The lowest BCUT2D eigenvalue weighted by atomic mass is 9.91. The SMILES string of the molecule is Cc1cc(C)c(CN2CCc3c(-c4ccn(C)n4)cc(OC(C)C)c(Cl)c3C2=O)c(=O)[nH]1. The summed E-state index contributed by atoms with van der Waals surface area (Å²) in [6.45, 7) is 8.27. The molecule has 8 heteroatoms. The van der Waals surface area contributed by atoms with Crippen LogP contribution in [0.3, 0.4) is 0 Å². The Hall–Kier alpha value is -3.06. The highest BCUT2D eigenvalue weighted by atomic mass is 35.5. The number of halogens is 1. The quantitative estimate of drug-likeness (QED) is 0.631. The first-order valence-electron chi connectivity index (χ1n) is 10.7. The van der Waals surface area contributed by atoms with Crippen LogP contribution in [0.5, 0.6) is 5.75 Å². The maximum Gasteiger partial charge on any atom is 0.256 e. The number of pyridine rings is 1. The van der Waals surface area contributed by atoms with E-state index in [0.29, 0.717) is 34.9 Å². The third-order valence-electron chi connectivity index (χ3n) is 5.67. The average Bonchev–Trinajstić information content (AvgIpc) is 3.13. The molecule has 0 radical (unpaired) electrons. The first-order chi connectivity index (χ1) is 15.2. The monoisotopic (exact) mass is 454 g/mol. The number of hydrogen-bond acceptors (Lipinski definition) is 4. The Kier molecular flexibility index (Phi) is 5.86. The third kappa shape index (κ3) is 4.05. The first kappa shape index (κ1) is 22.1. The molecule has 32 heavy (non-hydrogen) atoms. The highest BCUT2D eigenvalue weighted by Crippen LogP contribution is 2.41. The van der Waals surface area contributed by atoms with E-state index in [1.54, 1.807) is 9.58 Å². The predicted octanol–water partition coefficient (Wildman–Crippen LogP) is 4.03. The number of H-pyrrole nitrogens is 1. The number of nitrogens with zero attached hydrogens (tertiary/aromatic N) is 3. The van der Waals surface area contributed by atoms with E-state index in [0.717, 1.165) is 28.1 Å². The van der Waals surface area contributed by atoms with Crippen LogP contribution in [0.1, 0.15) is 46.6 Å². The molecular formula is C24H27ClN4O3. The van der Waals surface area contributed by atoms with Gasteiger partial charge in [-0.25, -0.2) is 0 Å². The summed E-state index contributed by atoms with van der Waals surface area (Å²) < 4.78 is 7.67. The van der Waals surface area contributed by atoms with Crippen LogP contribution in [0.4, 0.5) is 0 Å². The molecule has 1 aliphatic heterocycles. The van der Waals surface area contributed by atoms with Crippen molar-refractivity contribution in [2.24, 2.45) is 7.05 Å². The number of aromatic nitrogens is 3. The van der Waals surface area contributed by atoms with Gasteiger partial charge in [0.25, 0.3) is 11.5 Å². The van der Waals surface area contributed by atoms with E-state index in [1.165, 1.54) is 0 Å². The Morgan fingerprint density at radius 1 is 1.25 bits per heavy atom. The van der Waals surface area contributed by atoms with Gasteiger partial charge in [-0.3, -0.25) is 14.3 Å². The predicted molar refractivity (Wildman–Crippen MR) is 124 cm³/mol. The Labute approximate surface area is 192 Å². The molecule has 3 heterocycles. The van der Waals surface area contributed by atoms with Gasteiger partial charge in [-0.2, -0.15) is 5.10 Å². The van der Waals surface area contributed by atoms with Crippen molar-refractivity contribution in [3.05, 3.63) is 67.7 Å². The lowest BCUT2D eigenvalue weighted by Gasteiger charge is -2.31. The van der Waals surface area contributed by atoms with Crippen LogP contribution in [-0.4, -0.2) is 38.2 Å². The van der Waals surface area contributed by atoms with Gasteiger partial charge in [-0.1, -0.05) is 11.6 Å². The molecule has 0 bridgehead atoms. The Morgan fingerprint density at radius 2 is 2.00 bits per heavy atom. The van der Waals surface area contributed by atoms with Crippen molar-refractivity contribution >= 4 is 17.5 Å². The smallest absolute Gasteiger partial charge is 0.256 e. The van der Waals surface area contributed by atoms with Gasteiger partial charge < -0.3 is 14.6 Å². The van der Waals surface area contributed by atoms with Crippen molar-refractivity contribution < 1.29 is 9.53 Å². The number of carbonyl (C=O) groups excluding carboxylic acids is 1. The summed E-state index contributed by atoms with van der Waals surface area (Å²) in [6.07, 6.45) is 2.37. The second-order valence-corrected chi connectivity index (χ2v) is 8.93. The van der Waals surface area contributed by atoms with Crippen LogP contribution in [0.25, 0.3) is 11.3 Å². The van der Waals surface area contributed by atoms with Crippen molar-refractivity contribution in [2.45, 2.75) is 46.8 Å². The van der Waals surface area contributed by atoms with Gasteiger partial charge in [0.2, 0.25) is 0 Å². The van der Waals surface area contributed by atoms with Crippen molar-refractivity contribution in [3.63, 3.8) is 0 Å². The summed E-state index contributed by atoms with van der Waals surface area (Å²) in [5.41, 5.74) is 4.98. The van der Waals surface area contributed by atoms with Gasteiger partial charge in [0, 0.05) is 36.6 Å². The first-order valence-corrected chi connectivity index (χ1v) is 11.0. The van der Waals surface area contributed by atoms with E-state index < -0.39 is 0 Å². The molecular weight excluding hydrogens is 428 g/mol. The van der Waals surface area contributed by atoms with Crippen molar-refractivity contribution in [2.75, 3.05) is 6.54 Å². The number of ether oxygens (including phenoxy) is 1. The van der Waals surface area contributed by atoms with Crippen molar-refractivity contribution in [3.8, 4) is 17.0 Å². The molecule has 0 spiro atoms. The van der Waals surface area contributed by atoms with Crippen LogP contribution >= 0.6 is 11.6 Å². The normalized spacial score (nSPS) is 13.6. The molecule has 7 nitrogen and oxygen atoms in total. The summed E-state index contributed by atoms with van der Waals surface area (Å²) in [6, 6.07) is 5.70. The second kappa shape index (κ2) is 8.47. The zero-order valence-corrected chi connectivity index (χ0v) is 19.7. The number of benzene rings is 1. The van der Waals surface area contributed by atoms with Gasteiger partial charge in [0.1, 0.15) is 5.75 Å². The van der Waals surface area contributed by atoms with Crippen LogP contribution in [0, 0.1) is 13.8 Å². The lowest BCUT2D eigenvalue weighted by Crippen LogP contribution is -2.39. The van der Waals surface area contributed by atoms with Crippen molar-refractivity contribution in [1.82, 2.24) is 19.7 Å². The molecule has 1 N–H and O–H groups in total. The fraction of sp³-hybridized carbons (Fsp3) is 0.375. The molecule has 2 aromatic heterocycles. The minimum atomic E-state index is -0.206. The van der Waals surface area contributed by atoms with Gasteiger partial charge in [0.05, 0.1) is 28.9 Å². The Morgan fingerprint density at radius 3 is 2.62 bits per heavy atom. The molecule has 0 saturated carbocycles. The van der Waals surface area contributed by atoms with Gasteiger partial charge in [-0.05, 0) is 63.4 Å². The Balaban J connectivity index is 1.80. The van der Waals surface area contributed by atoms with Crippen LogP contribution < -0.4 is 10.3 Å². The maximum atomic E-state index is 13.6. The van der Waals surface area contributed by atoms with E-state index in [-0.39, 0.29) is 24.1 Å². The summed E-state index contributed by atoms with van der Waals surface area (Å²) in [5.74, 6) is 0.252. The zero-order valence-electron chi connectivity index (χ0n) is 19.0. The van der Waals surface area contributed by atoms with Gasteiger partial charge in [-0.15, -0.1) is 0 Å². The van der Waals surface area contributed by atoms with Crippen LogP contribution in [0.2, 0.25) is 5.02 Å². The fourth-order valence-corrected chi connectivity index (χ4v) is 4.50. The number of fused-ring (bicyclic) bond motifs is 1. The molecule has 0 aliphatic carbocycles. The standard InChI is InChI=1S/C24H27ClN4O3/c1-13(2)32-20-11-17(19-7-8-28(5)27-19)16-6-9-29(24(31)21(16)22(20)25)12-18-14(3)10-15(4)26-23(18)30/h7-8,10-11,13H,6,9,12H2,1-5H3,(H,26,30). The number of aryl methyl sites for hydroxylation is 3. The van der Waals surface area contributed by atoms with E-state index >= 15 is 0 Å². The van der Waals surface area contributed by atoms with E-state index in [2.05, 4.69) is 10.1 Å². The minimum absolute atomic E-state index is 0.106. The fourth-order valence-electron chi connectivity index (χ4n) is 4.21. The molecule has 168 valence electrons. The molecule has 1 amide bonds. The Bertz CT molecular complexity index is 1260. The van der Waals surface area contributed by atoms with Crippen molar-refractivity contribution in [1.29, 1.82) is 0 Å². The number of hydrogen-bond donors (Lipinski definition) is 1. The summed E-state index contributed by atoms with van der Waals surface area (Å²) in [4.78, 5) is 30.6. The lowest BCUT2D eigenvalue weighted by molar-refractivity contribution is 0.0725. The van der Waals surface area contributed by atoms with Gasteiger partial charge >= 0.3 is 0 Å². The molecule has 0 fully saturated rings. The zero-order chi connectivity index (χ0) is 23.2. The molecule has 0 atom stereocenters. The van der Waals surface area contributed by atoms with E-state index in [1.807, 2.05) is 59.1 Å². The minimum Gasteiger partial charge on any atom is -0.489 e. The average molecular weight is 455 g/mol. The number of amides is 1. The maximum absolute atomic E-state index is 13.6. The molecule has 3 aromatic rings. The topological polar surface area (TPSA) is 80.2 Å². The van der Waals surface area contributed by atoms with E-state index in [4.69, 9.17) is 16.3 Å². The highest BCUT2D eigenvalue weighted by Gasteiger charge is 2.32. The van der Waals surface area contributed by atoms with E-state index in [9.17, 15) is 9.59 Å². The number of rotatable bonds is 5. The highest BCUT2D eigenvalue weighted by molar-refractivity contribution is 6.35. The number of aromatic amines is 1. The largest absolute Gasteiger partial charge is 0.489 e. The molecule has 4 rings (SSSR count). The number of carbonyl (C=O) groups is 1. The second-order valence-electron chi connectivity index (χ2n) is 8.55. The summed E-state index contributed by atoms with van der Waals surface area (Å²) in [7, 11) is 1.85. The molecule has 1 aromatic carbocycles. The third-order valence-corrected chi connectivity index (χ3v) is 6.04. The summed E-state index contributed by atoms with van der Waals surface area (Å²) >= 11 is 6.72. The molecule has 1 aliphatic rings. The van der Waals surface area contributed by atoms with Crippen LogP contribution in [-0.2, 0) is 20.0 Å². The summed E-state index contributed by atoms with van der Waals surface area (Å²) in [5, 5.41) is 4.83. The van der Waals surface area contributed by atoms with Gasteiger partial charge in [0.15, 0.2) is 0 Å². The molecule has 0 unspecified atom stereocenters.